The molecule has 0 bridgehead atoms. The first-order chi connectivity index (χ1) is 10.3. The lowest BCUT2D eigenvalue weighted by molar-refractivity contribution is 0.105. The topological polar surface area (TPSA) is 38.7 Å². The van der Waals surface area contributed by atoms with Crippen LogP contribution in [0.1, 0.15) is 30.8 Å². The first-order valence-corrected chi connectivity index (χ1v) is 8.05. The van der Waals surface area contributed by atoms with Crippen molar-refractivity contribution in [2.45, 2.75) is 38.1 Å². The van der Waals surface area contributed by atoms with Crippen molar-refractivity contribution in [1.82, 2.24) is 15.0 Å². The lowest BCUT2D eigenvalue weighted by Crippen LogP contribution is -2.11. The molecule has 8 heteroatoms. The standard InChI is InChI=1S/C12H9Cl2F2N3S.C2H6/c1-6-3-7(2)19-11(18-6)20-12(15,16)10-8(13)4-17-5-9(10)14;1-2/h3-5H,1-2H3;1-2H3. The van der Waals surface area contributed by atoms with Crippen molar-refractivity contribution in [3.05, 3.63) is 45.5 Å². The molecule has 3 nitrogen and oxygen atoms in total. The summed E-state index contributed by atoms with van der Waals surface area (Å²) >= 11 is 11.7. The fourth-order valence-electron chi connectivity index (χ4n) is 1.59. The molecule has 120 valence electrons. The quantitative estimate of drug-likeness (QED) is 0.519. The van der Waals surface area contributed by atoms with Gasteiger partial charge in [-0.2, -0.15) is 8.78 Å². The number of hydrogen-bond acceptors (Lipinski definition) is 4. The molecule has 22 heavy (non-hydrogen) atoms. The number of aryl methyl sites for hydroxylation is 2. The van der Waals surface area contributed by atoms with E-state index in [-0.39, 0.29) is 27.0 Å². The Morgan fingerprint density at radius 3 is 1.91 bits per heavy atom. The normalized spacial score (nSPS) is 10.9. The molecule has 0 aromatic carbocycles. The Bertz CT molecular complexity index is 613. The van der Waals surface area contributed by atoms with E-state index < -0.39 is 10.8 Å². The minimum absolute atomic E-state index is 0.0311. The highest BCUT2D eigenvalue weighted by Gasteiger charge is 2.39. The number of aromatic nitrogens is 3. The molecule has 0 spiro atoms. The highest BCUT2D eigenvalue weighted by molar-refractivity contribution is 7.99. The first kappa shape index (κ1) is 19.1. The molecular weight excluding hydrogens is 351 g/mol. The van der Waals surface area contributed by atoms with E-state index in [1.54, 1.807) is 19.9 Å². The van der Waals surface area contributed by atoms with Gasteiger partial charge in [0.1, 0.15) is 0 Å². The van der Waals surface area contributed by atoms with Crippen molar-refractivity contribution in [1.29, 1.82) is 0 Å². The number of halogens is 4. The van der Waals surface area contributed by atoms with Gasteiger partial charge in [-0.05, 0) is 31.7 Å². The number of nitrogens with zero attached hydrogens (tertiary/aromatic N) is 3. The first-order valence-electron chi connectivity index (χ1n) is 6.48. The summed E-state index contributed by atoms with van der Waals surface area (Å²) in [4.78, 5) is 11.6. The van der Waals surface area contributed by atoms with Crippen LogP contribution < -0.4 is 0 Å². The van der Waals surface area contributed by atoms with Crippen LogP contribution in [0.2, 0.25) is 10.0 Å². The summed E-state index contributed by atoms with van der Waals surface area (Å²) in [6.45, 7) is 7.42. The Labute approximate surface area is 142 Å². The van der Waals surface area contributed by atoms with Gasteiger partial charge in [0.2, 0.25) is 0 Å². The second-order valence-electron chi connectivity index (χ2n) is 4.03. The predicted octanol–water partition coefficient (Wildman–Crippen LogP) is 5.66. The predicted molar refractivity (Wildman–Crippen MR) is 86.9 cm³/mol. The van der Waals surface area contributed by atoms with Gasteiger partial charge >= 0.3 is 5.25 Å². The van der Waals surface area contributed by atoms with Crippen LogP contribution in [0.25, 0.3) is 0 Å². The summed E-state index contributed by atoms with van der Waals surface area (Å²) in [5.41, 5.74) is 0.744. The molecule has 0 fully saturated rings. The van der Waals surface area contributed by atoms with Crippen molar-refractivity contribution in [2.24, 2.45) is 0 Å². The third-order valence-corrected chi connectivity index (χ3v) is 3.72. The highest BCUT2D eigenvalue weighted by Crippen LogP contribution is 2.47. The van der Waals surface area contributed by atoms with E-state index in [1.165, 1.54) is 0 Å². The van der Waals surface area contributed by atoms with Gasteiger partial charge in [-0.1, -0.05) is 37.0 Å². The zero-order valence-electron chi connectivity index (χ0n) is 12.5. The fraction of sp³-hybridized carbons (Fsp3) is 0.357. The second kappa shape index (κ2) is 8.04. The number of alkyl halides is 2. The average Bonchev–Trinajstić information content (AvgIpc) is 2.38. The largest absolute Gasteiger partial charge is 0.329 e. The van der Waals surface area contributed by atoms with Gasteiger partial charge < -0.3 is 0 Å². The van der Waals surface area contributed by atoms with Gasteiger partial charge in [0.25, 0.3) is 0 Å². The summed E-state index contributed by atoms with van der Waals surface area (Å²) < 4.78 is 28.6. The molecular formula is C14H15Cl2F2N3S. The third-order valence-electron chi connectivity index (χ3n) is 2.33. The van der Waals surface area contributed by atoms with Crippen LogP contribution in [0.4, 0.5) is 8.78 Å². The van der Waals surface area contributed by atoms with Crippen molar-refractivity contribution in [3.63, 3.8) is 0 Å². The van der Waals surface area contributed by atoms with Crippen molar-refractivity contribution in [3.8, 4) is 0 Å². The van der Waals surface area contributed by atoms with E-state index in [4.69, 9.17) is 23.2 Å². The molecule has 2 aromatic heterocycles. The van der Waals surface area contributed by atoms with Crippen LogP contribution in [0.15, 0.2) is 23.6 Å². The zero-order chi connectivity index (χ0) is 16.9. The van der Waals surface area contributed by atoms with E-state index in [9.17, 15) is 8.78 Å². The smallest absolute Gasteiger partial charge is 0.262 e. The van der Waals surface area contributed by atoms with Gasteiger partial charge in [0, 0.05) is 23.8 Å². The van der Waals surface area contributed by atoms with Crippen LogP contribution >= 0.6 is 35.0 Å². The van der Waals surface area contributed by atoms with Crippen LogP contribution in [0.5, 0.6) is 0 Å². The molecule has 0 aliphatic rings. The summed E-state index contributed by atoms with van der Waals surface area (Å²) in [7, 11) is 0. The summed E-state index contributed by atoms with van der Waals surface area (Å²) in [5, 5.41) is -3.77. The maximum Gasteiger partial charge on any atom is 0.329 e. The van der Waals surface area contributed by atoms with Crippen molar-refractivity contribution >= 4 is 35.0 Å². The molecule has 0 amide bonds. The van der Waals surface area contributed by atoms with Crippen LogP contribution in [-0.2, 0) is 5.25 Å². The summed E-state index contributed by atoms with van der Waals surface area (Å²) in [5.74, 6) is 0. The molecule has 0 radical (unpaired) electrons. The zero-order valence-corrected chi connectivity index (χ0v) is 14.8. The molecule has 2 aromatic rings. The van der Waals surface area contributed by atoms with Crippen molar-refractivity contribution in [2.75, 3.05) is 0 Å². The minimum atomic E-state index is -3.35. The highest BCUT2D eigenvalue weighted by atomic mass is 35.5. The number of thioether (sulfide) groups is 1. The Kier molecular flexibility index (Phi) is 6.97. The van der Waals surface area contributed by atoms with E-state index in [2.05, 4.69) is 15.0 Å². The Morgan fingerprint density at radius 2 is 1.45 bits per heavy atom. The second-order valence-corrected chi connectivity index (χ2v) is 5.93. The molecule has 2 rings (SSSR count). The van der Waals surface area contributed by atoms with E-state index in [0.29, 0.717) is 11.4 Å². The molecule has 0 saturated carbocycles. The lowest BCUT2D eigenvalue weighted by Gasteiger charge is -2.17. The fourth-order valence-corrected chi connectivity index (χ4v) is 3.24. The number of hydrogen-bond donors (Lipinski definition) is 0. The molecule has 0 unspecified atom stereocenters. The van der Waals surface area contributed by atoms with Crippen LogP contribution in [-0.4, -0.2) is 15.0 Å². The molecule has 0 aliphatic carbocycles. The third kappa shape index (κ3) is 4.76. The van der Waals surface area contributed by atoms with E-state index in [0.717, 1.165) is 12.4 Å². The van der Waals surface area contributed by atoms with Gasteiger partial charge in [-0.25, -0.2) is 9.97 Å². The Balaban J connectivity index is 0.00000116. The summed E-state index contributed by atoms with van der Waals surface area (Å²) in [6, 6.07) is 1.70. The van der Waals surface area contributed by atoms with Crippen LogP contribution in [0.3, 0.4) is 0 Å². The SMILES string of the molecule is CC.Cc1cc(C)nc(SC(F)(F)c2c(Cl)cncc2Cl)n1. The van der Waals surface area contributed by atoms with E-state index in [1.807, 2.05) is 13.8 Å². The van der Waals surface area contributed by atoms with Crippen LogP contribution in [0, 0.1) is 13.8 Å². The maximum atomic E-state index is 14.3. The van der Waals surface area contributed by atoms with E-state index >= 15 is 0 Å². The molecule has 2 heterocycles. The molecule has 0 aliphatic heterocycles. The molecule has 0 saturated heterocycles. The molecule has 0 N–H and O–H groups in total. The van der Waals surface area contributed by atoms with Gasteiger partial charge in [-0.3, -0.25) is 4.98 Å². The summed E-state index contributed by atoms with van der Waals surface area (Å²) in [6.07, 6.45) is 2.25. The monoisotopic (exact) mass is 365 g/mol. The van der Waals surface area contributed by atoms with Gasteiger partial charge in [0.05, 0.1) is 15.6 Å². The average molecular weight is 366 g/mol. The lowest BCUT2D eigenvalue weighted by atomic mass is 10.3. The van der Waals surface area contributed by atoms with Gasteiger partial charge in [-0.15, -0.1) is 0 Å². The minimum Gasteiger partial charge on any atom is -0.262 e. The number of pyridine rings is 1. The van der Waals surface area contributed by atoms with Crippen molar-refractivity contribution < 1.29 is 8.78 Å². The maximum absolute atomic E-state index is 14.3. The Hall–Kier alpha value is -0.980. The molecule has 0 atom stereocenters. The van der Waals surface area contributed by atoms with Gasteiger partial charge in [0.15, 0.2) is 5.16 Å². The number of rotatable bonds is 3. The Morgan fingerprint density at radius 1 is 1.00 bits per heavy atom.